The van der Waals surface area contributed by atoms with Crippen molar-refractivity contribution in [3.05, 3.63) is 40.1 Å². The average molecular weight is 371 g/mol. The molecule has 0 radical (unpaired) electrons. The predicted octanol–water partition coefficient (Wildman–Crippen LogP) is 4.66. The number of ether oxygens (including phenoxy) is 2. The number of hydrogen-bond donors (Lipinski definition) is 1. The van der Waals surface area contributed by atoms with E-state index in [9.17, 15) is 0 Å². The highest BCUT2D eigenvalue weighted by molar-refractivity contribution is 6.34. The molecule has 0 saturated heterocycles. The van der Waals surface area contributed by atoms with E-state index < -0.39 is 0 Å². The SMILES string of the molecule is CCC(CC)c1c(Cl)nnc(Cl)c1-c1ccc(OCOCO)cc1. The van der Waals surface area contributed by atoms with Gasteiger partial charge in [0.2, 0.25) is 0 Å². The van der Waals surface area contributed by atoms with Crippen molar-refractivity contribution in [2.75, 3.05) is 13.6 Å². The highest BCUT2D eigenvalue weighted by Crippen LogP contribution is 2.40. The minimum absolute atomic E-state index is 0.0156. The number of aromatic nitrogens is 2. The molecule has 1 aromatic carbocycles. The van der Waals surface area contributed by atoms with Crippen LogP contribution in [0.1, 0.15) is 38.2 Å². The smallest absolute Gasteiger partial charge is 0.191 e. The van der Waals surface area contributed by atoms with Crippen LogP contribution < -0.4 is 4.74 Å². The Morgan fingerprint density at radius 3 is 2.25 bits per heavy atom. The van der Waals surface area contributed by atoms with E-state index in [4.69, 9.17) is 37.8 Å². The molecule has 0 atom stereocenters. The molecule has 24 heavy (non-hydrogen) atoms. The molecule has 0 aliphatic rings. The molecule has 1 heterocycles. The summed E-state index contributed by atoms with van der Waals surface area (Å²) >= 11 is 12.6. The number of hydrogen-bond acceptors (Lipinski definition) is 5. The van der Waals surface area contributed by atoms with Gasteiger partial charge in [-0.05, 0) is 36.5 Å². The summed E-state index contributed by atoms with van der Waals surface area (Å²) in [5, 5.41) is 17.2. The Morgan fingerprint density at radius 2 is 1.67 bits per heavy atom. The van der Waals surface area contributed by atoms with Gasteiger partial charge >= 0.3 is 0 Å². The van der Waals surface area contributed by atoms with Gasteiger partial charge in [0.05, 0.1) is 0 Å². The first-order chi connectivity index (χ1) is 11.6. The Kier molecular flexibility index (Phi) is 7.24. The Balaban J connectivity index is 2.39. The number of rotatable bonds is 8. The highest BCUT2D eigenvalue weighted by atomic mass is 35.5. The molecule has 0 fully saturated rings. The number of nitrogens with zero attached hydrogens (tertiary/aromatic N) is 2. The molecule has 0 aliphatic heterocycles. The first-order valence-corrected chi connectivity index (χ1v) is 8.51. The van der Waals surface area contributed by atoms with Gasteiger partial charge < -0.3 is 14.6 Å². The van der Waals surface area contributed by atoms with Crippen molar-refractivity contribution in [1.82, 2.24) is 10.2 Å². The fourth-order valence-corrected chi connectivity index (χ4v) is 3.15. The summed E-state index contributed by atoms with van der Waals surface area (Å²) in [6, 6.07) is 7.38. The molecule has 130 valence electrons. The molecule has 0 spiro atoms. The summed E-state index contributed by atoms with van der Waals surface area (Å²) in [5.41, 5.74) is 2.64. The zero-order valence-corrected chi connectivity index (χ0v) is 15.1. The zero-order valence-electron chi connectivity index (χ0n) is 13.6. The number of benzene rings is 1. The van der Waals surface area contributed by atoms with E-state index in [2.05, 4.69) is 24.0 Å². The van der Waals surface area contributed by atoms with Gasteiger partial charge in [0.1, 0.15) is 12.5 Å². The van der Waals surface area contributed by atoms with Crippen LogP contribution in [0.3, 0.4) is 0 Å². The van der Waals surface area contributed by atoms with Crippen molar-refractivity contribution in [1.29, 1.82) is 0 Å². The van der Waals surface area contributed by atoms with Gasteiger partial charge in [-0.2, -0.15) is 0 Å². The molecule has 2 rings (SSSR count). The van der Waals surface area contributed by atoms with Gasteiger partial charge in [-0.1, -0.05) is 49.2 Å². The molecule has 0 bridgehead atoms. The minimum Gasteiger partial charge on any atom is -0.467 e. The van der Waals surface area contributed by atoms with Crippen LogP contribution >= 0.6 is 23.2 Å². The molecule has 5 nitrogen and oxygen atoms in total. The van der Waals surface area contributed by atoms with E-state index in [0.717, 1.165) is 29.5 Å². The highest BCUT2D eigenvalue weighted by Gasteiger charge is 2.21. The summed E-state index contributed by atoms with van der Waals surface area (Å²) < 4.78 is 10.1. The van der Waals surface area contributed by atoms with Crippen molar-refractivity contribution < 1.29 is 14.6 Å². The van der Waals surface area contributed by atoms with Crippen LogP contribution in [-0.4, -0.2) is 28.9 Å². The van der Waals surface area contributed by atoms with Crippen molar-refractivity contribution in [2.45, 2.75) is 32.6 Å². The van der Waals surface area contributed by atoms with Crippen molar-refractivity contribution in [3.8, 4) is 16.9 Å². The molecule has 1 aromatic heterocycles. The lowest BCUT2D eigenvalue weighted by Gasteiger charge is -2.19. The van der Waals surface area contributed by atoms with E-state index >= 15 is 0 Å². The lowest BCUT2D eigenvalue weighted by atomic mass is 9.89. The van der Waals surface area contributed by atoms with E-state index in [1.54, 1.807) is 12.1 Å². The zero-order chi connectivity index (χ0) is 17.5. The monoisotopic (exact) mass is 370 g/mol. The second-order valence-electron chi connectivity index (χ2n) is 5.20. The summed E-state index contributed by atoms with van der Waals surface area (Å²) in [6.07, 6.45) is 1.87. The Labute approximate surface area is 151 Å². The van der Waals surface area contributed by atoms with E-state index in [1.807, 2.05) is 12.1 Å². The second-order valence-corrected chi connectivity index (χ2v) is 5.92. The Hall–Kier alpha value is -1.40. The standard InChI is InChI=1S/C17H20Cl2N2O3/c1-3-11(4-2)14-15(17(19)21-20-16(14)18)12-5-7-13(8-6-12)24-10-23-9-22/h5-8,11,22H,3-4,9-10H2,1-2H3. The third-order valence-electron chi connectivity index (χ3n) is 3.86. The first-order valence-electron chi connectivity index (χ1n) is 7.75. The molecule has 7 heteroatoms. The molecule has 0 amide bonds. The van der Waals surface area contributed by atoms with E-state index in [1.165, 1.54) is 0 Å². The van der Waals surface area contributed by atoms with Gasteiger partial charge in [0.25, 0.3) is 0 Å². The lowest BCUT2D eigenvalue weighted by Crippen LogP contribution is -2.05. The molecular formula is C17H20Cl2N2O3. The Morgan fingerprint density at radius 1 is 1.04 bits per heavy atom. The predicted molar refractivity (Wildman–Crippen MR) is 94.5 cm³/mol. The third-order valence-corrected chi connectivity index (χ3v) is 4.40. The maximum absolute atomic E-state index is 8.58. The van der Waals surface area contributed by atoms with Gasteiger partial charge in [-0.15, -0.1) is 10.2 Å². The maximum Gasteiger partial charge on any atom is 0.191 e. The number of halogens is 2. The maximum atomic E-state index is 8.58. The molecule has 2 aromatic rings. The fourth-order valence-electron chi connectivity index (χ4n) is 2.61. The summed E-state index contributed by atoms with van der Waals surface area (Å²) in [6.45, 7) is 3.83. The normalized spacial score (nSPS) is 11.1. The van der Waals surface area contributed by atoms with Gasteiger partial charge in [0, 0.05) is 11.1 Å². The summed E-state index contributed by atoms with van der Waals surface area (Å²) in [5.74, 6) is 0.884. The molecule has 0 unspecified atom stereocenters. The lowest BCUT2D eigenvalue weighted by molar-refractivity contribution is -0.0653. The van der Waals surface area contributed by atoms with Crippen LogP contribution in [-0.2, 0) is 4.74 Å². The van der Waals surface area contributed by atoms with Gasteiger partial charge in [-0.3, -0.25) is 0 Å². The summed E-state index contributed by atoms with van der Waals surface area (Å²) in [4.78, 5) is 0. The van der Waals surface area contributed by atoms with Crippen molar-refractivity contribution in [3.63, 3.8) is 0 Å². The largest absolute Gasteiger partial charge is 0.467 e. The second kappa shape index (κ2) is 9.18. The molecule has 0 aliphatic carbocycles. The minimum atomic E-state index is -0.381. The van der Waals surface area contributed by atoms with Crippen LogP contribution in [0.5, 0.6) is 5.75 Å². The number of aliphatic hydroxyl groups is 1. The van der Waals surface area contributed by atoms with E-state index in [0.29, 0.717) is 16.1 Å². The van der Waals surface area contributed by atoms with Crippen molar-refractivity contribution in [2.24, 2.45) is 0 Å². The van der Waals surface area contributed by atoms with Crippen LogP contribution in [0.2, 0.25) is 10.3 Å². The fraction of sp³-hybridized carbons (Fsp3) is 0.412. The molecule has 0 saturated carbocycles. The van der Waals surface area contributed by atoms with E-state index in [-0.39, 0.29) is 19.5 Å². The van der Waals surface area contributed by atoms with Crippen molar-refractivity contribution >= 4 is 23.2 Å². The van der Waals surface area contributed by atoms with Crippen LogP contribution in [0.25, 0.3) is 11.1 Å². The quantitative estimate of drug-likeness (QED) is 0.540. The van der Waals surface area contributed by atoms with Crippen LogP contribution in [0.15, 0.2) is 24.3 Å². The van der Waals surface area contributed by atoms with Crippen LogP contribution in [0.4, 0.5) is 0 Å². The first kappa shape index (κ1) is 18.9. The average Bonchev–Trinajstić information content (AvgIpc) is 2.60. The third kappa shape index (κ3) is 4.36. The molecule has 1 N–H and O–H groups in total. The van der Waals surface area contributed by atoms with Gasteiger partial charge in [-0.25, -0.2) is 0 Å². The molecular weight excluding hydrogens is 351 g/mol. The number of aliphatic hydroxyl groups excluding tert-OH is 1. The topological polar surface area (TPSA) is 64.5 Å². The van der Waals surface area contributed by atoms with Gasteiger partial charge in [0.15, 0.2) is 17.1 Å². The summed E-state index contributed by atoms with van der Waals surface area (Å²) in [7, 11) is 0. The Bertz CT molecular complexity index is 662. The van der Waals surface area contributed by atoms with Crippen LogP contribution in [0, 0.1) is 0 Å².